The summed E-state index contributed by atoms with van der Waals surface area (Å²) in [7, 11) is 0. The van der Waals surface area contributed by atoms with Crippen molar-refractivity contribution < 1.29 is 19.1 Å². The minimum absolute atomic E-state index is 0.0502. The van der Waals surface area contributed by atoms with Crippen LogP contribution in [0.5, 0.6) is 23.0 Å². The van der Waals surface area contributed by atoms with E-state index in [4.69, 9.17) is 9.47 Å². The molecule has 0 N–H and O–H groups in total. The smallest absolute Gasteiger partial charge is 0.234 e. The Hall–Kier alpha value is -4.58. The van der Waals surface area contributed by atoms with E-state index in [1.165, 1.54) is 0 Å². The van der Waals surface area contributed by atoms with Gasteiger partial charge >= 0.3 is 0 Å². The zero-order valence-electron chi connectivity index (χ0n) is 21.5. The van der Waals surface area contributed by atoms with E-state index in [0.717, 1.165) is 51.7 Å². The highest BCUT2D eigenvalue weighted by Gasteiger charge is 2.38. The molecule has 0 atom stereocenters. The second-order valence-corrected chi connectivity index (χ2v) is 10.2. The summed E-state index contributed by atoms with van der Waals surface area (Å²) in [5.41, 5.74) is 3.53. The van der Waals surface area contributed by atoms with Crippen molar-refractivity contribution in [2.45, 2.75) is 18.3 Å². The molecule has 6 nitrogen and oxygen atoms in total. The van der Waals surface area contributed by atoms with Crippen LogP contribution < -0.4 is 9.47 Å². The third-order valence-electron chi connectivity index (χ3n) is 7.97. The van der Waals surface area contributed by atoms with Crippen molar-refractivity contribution in [3.05, 3.63) is 119 Å². The van der Waals surface area contributed by atoms with Crippen molar-refractivity contribution >= 4 is 11.8 Å². The fourth-order valence-corrected chi connectivity index (χ4v) is 6.08. The van der Waals surface area contributed by atoms with E-state index in [9.17, 15) is 9.59 Å². The van der Waals surface area contributed by atoms with E-state index < -0.39 is 11.8 Å². The van der Waals surface area contributed by atoms with Gasteiger partial charge in [-0.15, -0.1) is 0 Å². The van der Waals surface area contributed by atoms with Gasteiger partial charge in [0.2, 0.25) is 11.8 Å². The van der Waals surface area contributed by atoms with Gasteiger partial charge in [-0.2, -0.15) is 0 Å². The maximum Gasteiger partial charge on any atom is 0.234 e. The Labute approximate surface area is 227 Å². The van der Waals surface area contributed by atoms with Crippen LogP contribution in [-0.2, 0) is 9.59 Å². The van der Waals surface area contributed by atoms with Crippen LogP contribution in [0.25, 0.3) is 0 Å². The summed E-state index contributed by atoms with van der Waals surface area (Å²) >= 11 is 0. The Bertz CT molecular complexity index is 1370. The van der Waals surface area contributed by atoms with Crippen molar-refractivity contribution in [3.63, 3.8) is 0 Å². The number of hydrogen-bond acceptors (Lipinski definition) is 4. The lowest BCUT2D eigenvalue weighted by Crippen LogP contribution is -2.41. The highest BCUT2D eigenvalue weighted by atomic mass is 16.5. The number of carbonyl (C=O) groups excluding carboxylic acids is 2. The minimum Gasteiger partial charge on any atom is -0.457 e. The molecule has 0 radical (unpaired) electrons. The van der Waals surface area contributed by atoms with Gasteiger partial charge in [0.1, 0.15) is 23.0 Å². The third kappa shape index (κ3) is 4.04. The van der Waals surface area contributed by atoms with Crippen LogP contribution in [-0.4, -0.2) is 47.8 Å². The Morgan fingerprint density at radius 2 is 0.795 bits per heavy atom. The molecule has 0 saturated carbocycles. The Morgan fingerprint density at radius 1 is 0.487 bits per heavy atom. The maximum absolute atomic E-state index is 14.1. The van der Waals surface area contributed by atoms with E-state index in [0.29, 0.717) is 26.2 Å². The first-order chi connectivity index (χ1) is 19.2. The van der Waals surface area contributed by atoms with Crippen LogP contribution in [0.15, 0.2) is 97.1 Å². The molecule has 7 rings (SSSR count). The van der Waals surface area contributed by atoms with Crippen molar-refractivity contribution in [2.75, 3.05) is 26.2 Å². The van der Waals surface area contributed by atoms with Gasteiger partial charge in [-0.3, -0.25) is 9.59 Å². The molecule has 4 aromatic carbocycles. The first-order valence-corrected chi connectivity index (χ1v) is 13.5. The molecule has 0 aromatic heterocycles. The number of nitrogens with zero attached hydrogens (tertiary/aromatic N) is 2. The van der Waals surface area contributed by atoms with Gasteiger partial charge in [-0.1, -0.05) is 72.8 Å². The molecule has 4 aromatic rings. The summed E-state index contributed by atoms with van der Waals surface area (Å²) in [4.78, 5) is 32.0. The number of hydrogen-bond donors (Lipinski definition) is 0. The number of ether oxygens (including phenoxy) is 2. The van der Waals surface area contributed by atoms with Crippen LogP contribution in [0, 0.1) is 0 Å². The monoisotopic (exact) mass is 516 g/mol. The summed E-state index contributed by atoms with van der Waals surface area (Å²) in [6.07, 6.45) is 0.719. The van der Waals surface area contributed by atoms with Gasteiger partial charge in [0.15, 0.2) is 0 Å². The highest BCUT2D eigenvalue weighted by Crippen LogP contribution is 2.46. The van der Waals surface area contributed by atoms with E-state index in [1.807, 2.05) is 107 Å². The molecule has 3 aliphatic heterocycles. The standard InChI is InChI=1S/C33H28N2O4/c36-32(30-22-10-1-5-14-26(22)38-27-15-6-2-11-23(27)30)34-18-9-19-35(21-20-34)33(37)31-24-12-3-7-16-28(24)39-29-17-8-4-13-25(29)31/h1-8,10-17,30-31H,9,18-21H2. The summed E-state index contributed by atoms with van der Waals surface area (Å²) < 4.78 is 12.2. The SMILES string of the molecule is O=C(C1c2ccccc2Oc2ccccc21)N1CCCN(C(=O)C2c3ccccc3Oc3ccccc32)CC1. The van der Waals surface area contributed by atoms with Crippen molar-refractivity contribution in [1.29, 1.82) is 0 Å². The lowest BCUT2D eigenvalue weighted by molar-refractivity contribution is -0.134. The fourth-order valence-electron chi connectivity index (χ4n) is 6.08. The lowest BCUT2D eigenvalue weighted by atomic mass is 9.86. The molecular weight excluding hydrogens is 488 g/mol. The zero-order chi connectivity index (χ0) is 26.3. The number of carbonyl (C=O) groups is 2. The number of benzene rings is 4. The van der Waals surface area contributed by atoms with E-state index in [1.54, 1.807) is 0 Å². The van der Waals surface area contributed by atoms with Crippen molar-refractivity contribution in [3.8, 4) is 23.0 Å². The minimum atomic E-state index is -0.428. The molecule has 1 fully saturated rings. The molecule has 3 heterocycles. The lowest BCUT2D eigenvalue weighted by Gasteiger charge is -2.32. The van der Waals surface area contributed by atoms with Gasteiger partial charge in [-0.25, -0.2) is 0 Å². The normalized spacial score (nSPS) is 16.5. The Morgan fingerprint density at radius 3 is 1.13 bits per heavy atom. The molecule has 6 heteroatoms. The van der Waals surface area contributed by atoms with E-state index in [2.05, 4.69) is 0 Å². The molecule has 39 heavy (non-hydrogen) atoms. The van der Waals surface area contributed by atoms with Crippen LogP contribution in [0.3, 0.4) is 0 Å². The second-order valence-electron chi connectivity index (χ2n) is 10.2. The number of rotatable bonds is 2. The van der Waals surface area contributed by atoms with Gasteiger partial charge in [0.25, 0.3) is 0 Å². The largest absolute Gasteiger partial charge is 0.457 e. The molecule has 0 spiro atoms. The Balaban J connectivity index is 1.15. The molecule has 194 valence electrons. The second kappa shape index (κ2) is 9.62. The van der Waals surface area contributed by atoms with Gasteiger partial charge in [-0.05, 0) is 30.7 Å². The zero-order valence-corrected chi connectivity index (χ0v) is 21.5. The third-order valence-corrected chi connectivity index (χ3v) is 7.97. The molecule has 3 aliphatic rings. The van der Waals surface area contributed by atoms with Gasteiger partial charge in [0, 0.05) is 48.4 Å². The molecule has 0 aliphatic carbocycles. The van der Waals surface area contributed by atoms with Crippen LogP contribution >= 0.6 is 0 Å². The number of fused-ring (bicyclic) bond motifs is 4. The van der Waals surface area contributed by atoms with Crippen molar-refractivity contribution in [2.24, 2.45) is 0 Å². The molecular formula is C33H28N2O4. The number of para-hydroxylation sites is 4. The average molecular weight is 517 g/mol. The fraction of sp³-hybridized carbons (Fsp3) is 0.212. The average Bonchev–Trinajstić information content (AvgIpc) is 3.24. The predicted octanol–water partition coefficient (Wildman–Crippen LogP) is 5.92. The summed E-state index contributed by atoms with van der Waals surface area (Å²) in [6, 6.07) is 31.1. The van der Waals surface area contributed by atoms with Gasteiger partial charge in [0.05, 0.1) is 11.8 Å². The molecule has 1 saturated heterocycles. The Kier molecular flexibility index (Phi) is 5.81. The van der Waals surface area contributed by atoms with E-state index in [-0.39, 0.29) is 11.8 Å². The first-order valence-electron chi connectivity index (χ1n) is 13.5. The summed E-state index contributed by atoms with van der Waals surface area (Å²) in [5.74, 6) is 2.13. The maximum atomic E-state index is 14.1. The topological polar surface area (TPSA) is 59.1 Å². The summed E-state index contributed by atoms with van der Waals surface area (Å²) in [6.45, 7) is 2.17. The van der Waals surface area contributed by atoms with Crippen LogP contribution in [0.4, 0.5) is 0 Å². The molecule has 0 unspecified atom stereocenters. The van der Waals surface area contributed by atoms with Crippen molar-refractivity contribution in [1.82, 2.24) is 9.80 Å². The molecule has 2 amide bonds. The number of amides is 2. The highest BCUT2D eigenvalue weighted by molar-refractivity contribution is 5.91. The van der Waals surface area contributed by atoms with Gasteiger partial charge < -0.3 is 19.3 Å². The summed E-state index contributed by atoms with van der Waals surface area (Å²) in [5, 5.41) is 0. The van der Waals surface area contributed by atoms with Crippen LogP contribution in [0.1, 0.15) is 40.5 Å². The predicted molar refractivity (Wildman–Crippen MR) is 147 cm³/mol. The molecule has 0 bridgehead atoms. The first kappa shape index (κ1) is 23.5. The van der Waals surface area contributed by atoms with E-state index >= 15 is 0 Å². The van der Waals surface area contributed by atoms with Crippen LogP contribution in [0.2, 0.25) is 0 Å². The quantitative estimate of drug-likeness (QED) is 0.332.